The Bertz CT molecular complexity index is 186. The Labute approximate surface area is 88.1 Å². The van der Waals surface area contributed by atoms with Crippen molar-refractivity contribution >= 4 is 23.5 Å². The Morgan fingerprint density at radius 2 is 1.85 bits per heavy atom. The van der Waals surface area contributed by atoms with Gasteiger partial charge in [-0.25, -0.2) is 0 Å². The van der Waals surface area contributed by atoms with E-state index in [2.05, 4.69) is 13.8 Å². The molecule has 0 aromatic heterocycles. The molecule has 1 spiro atoms. The molecule has 0 saturated carbocycles. The second kappa shape index (κ2) is 4.01. The molecule has 13 heavy (non-hydrogen) atoms. The van der Waals surface area contributed by atoms with Crippen molar-refractivity contribution in [1.29, 1.82) is 0 Å². The summed E-state index contributed by atoms with van der Waals surface area (Å²) in [5.74, 6) is 1.15. The van der Waals surface area contributed by atoms with E-state index in [4.69, 9.17) is 9.47 Å². The van der Waals surface area contributed by atoms with E-state index >= 15 is 0 Å². The van der Waals surface area contributed by atoms with Crippen molar-refractivity contribution < 1.29 is 9.47 Å². The van der Waals surface area contributed by atoms with Gasteiger partial charge in [0.25, 0.3) is 0 Å². The number of ether oxygens (including phenoxy) is 2. The molecule has 76 valence electrons. The van der Waals surface area contributed by atoms with Gasteiger partial charge in [0, 0.05) is 16.9 Å². The van der Waals surface area contributed by atoms with E-state index in [0.717, 1.165) is 25.4 Å². The highest BCUT2D eigenvalue weighted by Crippen LogP contribution is 2.44. The summed E-state index contributed by atoms with van der Waals surface area (Å²) in [4.78, 5) is 0. The van der Waals surface area contributed by atoms with Crippen molar-refractivity contribution in [3.05, 3.63) is 0 Å². The van der Waals surface area contributed by atoms with E-state index < -0.39 is 0 Å². The Morgan fingerprint density at radius 3 is 2.54 bits per heavy atom. The van der Waals surface area contributed by atoms with Crippen LogP contribution in [0.1, 0.15) is 20.3 Å². The van der Waals surface area contributed by atoms with Gasteiger partial charge >= 0.3 is 0 Å². The Balaban J connectivity index is 1.98. The number of rotatable bonds is 0. The summed E-state index contributed by atoms with van der Waals surface area (Å²) in [5.41, 5.74) is 0. The third-order valence-corrected chi connectivity index (χ3v) is 4.75. The maximum atomic E-state index is 5.85. The lowest BCUT2D eigenvalue weighted by atomic mass is 10.4. The Kier molecular flexibility index (Phi) is 3.13. The molecule has 0 radical (unpaired) electrons. The van der Waals surface area contributed by atoms with Gasteiger partial charge in [-0.15, -0.1) is 0 Å². The maximum absolute atomic E-state index is 5.85. The predicted molar refractivity (Wildman–Crippen MR) is 58.2 cm³/mol. The van der Waals surface area contributed by atoms with Gasteiger partial charge in [0.2, 0.25) is 5.12 Å². The van der Waals surface area contributed by atoms with E-state index in [1.165, 1.54) is 0 Å². The fraction of sp³-hybridized carbons (Fsp3) is 1.00. The molecule has 2 nitrogen and oxygen atoms in total. The fourth-order valence-electron chi connectivity index (χ4n) is 1.58. The van der Waals surface area contributed by atoms with Gasteiger partial charge in [-0.3, -0.25) is 0 Å². The normalized spacial score (nSPS) is 46.6. The first-order valence-electron chi connectivity index (χ1n) is 4.77. The van der Waals surface area contributed by atoms with Crippen LogP contribution in [-0.4, -0.2) is 34.6 Å². The summed E-state index contributed by atoms with van der Waals surface area (Å²) in [6.45, 7) is 6.07. The summed E-state index contributed by atoms with van der Waals surface area (Å²) in [6.07, 6.45) is 1.02. The lowest BCUT2D eigenvalue weighted by molar-refractivity contribution is -0.157. The van der Waals surface area contributed by atoms with Crippen LogP contribution in [-0.2, 0) is 9.47 Å². The van der Waals surface area contributed by atoms with E-state index in [0.29, 0.717) is 10.5 Å². The van der Waals surface area contributed by atoms with Crippen LogP contribution in [0.4, 0.5) is 0 Å². The molecule has 2 aliphatic heterocycles. The zero-order valence-electron chi connectivity index (χ0n) is 8.12. The smallest absolute Gasteiger partial charge is 0.219 e. The first-order chi connectivity index (χ1) is 6.20. The highest BCUT2D eigenvalue weighted by molar-refractivity contribution is 8.01. The lowest BCUT2D eigenvalue weighted by Gasteiger charge is -2.25. The zero-order chi connectivity index (χ0) is 9.31. The van der Waals surface area contributed by atoms with Crippen LogP contribution in [0, 0.1) is 0 Å². The van der Waals surface area contributed by atoms with Crippen LogP contribution in [0.5, 0.6) is 0 Å². The highest BCUT2D eigenvalue weighted by Gasteiger charge is 2.42. The molecule has 0 aromatic rings. The van der Waals surface area contributed by atoms with Crippen molar-refractivity contribution in [2.24, 2.45) is 0 Å². The molecule has 0 aromatic carbocycles. The lowest BCUT2D eigenvalue weighted by Crippen LogP contribution is -2.29. The minimum Gasteiger partial charge on any atom is -0.340 e. The first-order valence-corrected chi connectivity index (χ1v) is 6.70. The van der Waals surface area contributed by atoms with Crippen LogP contribution in [0.25, 0.3) is 0 Å². The predicted octanol–water partition coefficient (Wildman–Crippen LogP) is 2.33. The van der Waals surface area contributed by atoms with E-state index in [-0.39, 0.29) is 5.12 Å². The standard InChI is InChI=1S/C9H16O2S2/c1-7-5-10-9(3-4-12-7)11-6-8(2)13-9/h7-8H,3-6H2,1-2H3. The molecule has 2 aliphatic rings. The van der Waals surface area contributed by atoms with Crippen LogP contribution >= 0.6 is 23.5 Å². The van der Waals surface area contributed by atoms with Crippen LogP contribution in [0.3, 0.4) is 0 Å². The molecule has 0 bridgehead atoms. The first kappa shape index (κ1) is 10.1. The summed E-state index contributed by atoms with van der Waals surface area (Å²) >= 11 is 3.83. The summed E-state index contributed by atoms with van der Waals surface area (Å²) < 4.78 is 11.6. The molecule has 2 saturated heterocycles. The van der Waals surface area contributed by atoms with Gasteiger partial charge < -0.3 is 9.47 Å². The molecule has 2 fully saturated rings. The topological polar surface area (TPSA) is 18.5 Å². The molecule has 2 heterocycles. The van der Waals surface area contributed by atoms with Gasteiger partial charge in [0.1, 0.15) is 0 Å². The van der Waals surface area contributed by atoms with Crippen molar-refractivity contribution in [3.8, 4) is 0 Å². The van der Waals surface area contributed by atoms with Crippen molar-refractivity contribution in [2.45, 2.75) is 35.9 Å². The molecular formula is C9H16O2S2. The van der Waals surface area contributed by atoms with Gasteiger partial charge in [-0.1, -0.05) is 25.6 Å². The Hall–Kier alpha value is 0.620. The van der Waals surface area contributed by atoms with Gasteiger partial charge in [0.05, 0.1) is 13.2 Å². The van der Waals surface area contributed by atoms with E-state index in [9.17, 15) is 0 Å². The summed E-state index contributed by atoms with van der Waals surface area (Å²) in [6, 6.07) is 0. The fourth-order valence-corrected chi connectivity index (χ4v) is 3.90. The van der Waals surface area contributed by atoms with Crippen molar-refractivity contribution in [2.75, 3.05) is 19.0 Å². The van der Waals surface area contributed by atoms with Crippen molar-refractivity contribution in [3.63, 3.8) is 0 Å². The number of thioether (sulfide) groups is 2. The zero-order valence-corrected chi connectivity index (χ0v) is 9.75. The average molecular weight is 220 g/mol. The molecule has 0 N–H and O–H groups in total. The molecule has 3 atom stereocenters. The molecule has 3 unspecified atom stereocenters. The van der Waals surface area contributed by atoms with Gasteiger partial charge in [0.15, 0.2) is 0 Å². The largest absolute Gasteiger partial charge is 0.340 e. The third-order valence-electron chi connectivity index (χ3n) is 2.27. The summed E-state index contributed by atoms with van der Waals surface area (Å²) in [7, 11) is 0. The monoisotopic (exact) mass is 220 g/mol. The molecule has 0 aliphatic carbocycles. The maximum Gasteiger partial charge on any atom is 0.219 e. The van der Waals surface area contributed by atoms with Crippen LogP contribution in [0.15, 0.2) is 0 Å². The molecule has 2 rings (SSSR count). The highest BCUT2D eigenvalue weighted by atomic mass is 32.2. The SMILES string of the molecule is CC1COC2(CCS1)OCC(C)S2. The van der Waals surface area contributed by atoms with Crippen LogP contribution in [0.2, 0.25) is 0 Å². The average Bonchev–Trinajstić information content (AvgIpc) is 2.35. The van der Waals surface area contributed by atoms with Gasteiger partial charge in [-0.05, 0) is 5.75 Å². The van der Waals surface area contributed by atoms with E-state index in [1.54, 1.807) is 0 Å². The molecular weight excluding hydrogens is 204 g/mol. The minimum absolute atomic E-state index is 0.294. The summed E-state index contributed by atoms with van der Waals surface area (Å²) in [5, 5.41) is 0.898. The second-order valence-corrected chi connectivity index (χ2v) is 6.87. The van der Waals surface area contributed by atoms with Gasteiger partial charge in [-0.2, -0.15) is 11.8 Å². The molecule has 0 amide bonds. The third kappa shape index (κ3) is 2.35. The number of hydrogen-bond donors (Lipinski definition) is 0. The van der Waals surface area contributed by atoms with Crippen molar-refractivity contribution in [1.82, 2.24) is 0 Å². The number of hydrogen-bond acceptors (Lipinski definition) is 4. The Morgan fingerprint density at radius 1 is 1.15 bits per heavy atom. The molecule has 4 heteroatoms. The second-order valence-electron chi connectivity index (χ2n) is 3.66. The minimum atomic E-state index is -0.294. The van der Waals surface area contributed by atoms with E-state index in [1.807, 2.05) is 23.5 Å². The van der Waals surface area contributed by atoms with Crippen LogP contribution < -0.4 is 0 Å². The quantitative estimate of drug-likeness (QED) is 0.623.